The third-order valence-corrected chi connectivity index (χ3v) is 4.45. The number of amides is 2. The van der Waals surface area contributed by atoms with E-state index >= 15 is 0 Å². The van der Waals surface area contributed by atoms with E-state index in [0.29, 0.717) is 19.1 Å². The summed E-state index contributed by atoms with van der Waals surface area (Å²) in [6.45, 7) is 5.47. The summed E-state index contributed by atoms with van der Waals surface area (Å²) >= 11 is 0. The van der Waals surface area contributed by atoms with Gasteiger partial charge in [-0.2, -0.15) is 0 Å². The standard InChI is InChI=1S/C15H28N4O2/c1-12(20)17-14-6-4-8-19(10-14)15(21)11-18-7-3-5-13(9-18)16-2/h13-14,16H,3-11H2,1-2H3,(H,17,20). The molecule has 0 spiro atoms. The first kappa shape index (κ1) is 16.2. The van der Waals surface area contributed by atoms with E-state index in [9.17, 15) is 9.59 Å². The Kier molecular flexibility index (Phi) is 5.99. The zero-order valence-corrected chi connectivity index (χ0v) is 13.2. The molecular weight excluding hydrogens is 268 g/mol. The number of likely N-dealkylation sites (tertiary alicyclic amines) is 2. The lowest BCUT2D eigenvalue weighted by atomic mass is 10.0. The fourth-order valence-corrected chi connectivity index (χ4v) is 3.33. The van der Waals surface area contributed by atoms with Gasteiger partial charge >= 0.3 is 0 Å². The second-order valence-corrected chi connectivity index (χ2v) is 6.24. The van der Waals surface area contributed by atoms with Crippen molar-refractivity contribution in [2.24, 2.45) is 0 Å². The maximum Gasteiger partial charge on any atom is 0.236 e. The van der Waals surface area contributed by atoms with Crippen LogP contribution in [0.1, 0.15) is 32.6 Å². The molecule has 2 heterocycles. The zero-order chi connectivity index (χ0) is 15.2. The van der Waals surface area contributed by atoms with Gasteiger partial charge in [0.1, 0.15) is 0 Å². The third-order valence-electron chi connectivity index (χ3n) is 4.45. The van der Waals surface area contributed by atoms with Crippen LogP contribution in [0.3, 0.4) is 0 Å². The van der Waals surface area contributed by atoms with Crippen LogP contribution in [-0.4, -0.2) is 73.5 Å². The molecule has 2 amide bonds. The molecule has 0 aromatic carbocycles. The predicted molar refractivity (Wildman–Crippen MR) is 81.9 cm³/mol. The van der Waals surface area contributed by atoms with Crippen LogP contribution >= 0.6 is 0 Å². The van der Waals surface area contributed by atoms with Crippen LogP contribution in [-0.2, 0) is 9.59 Å². The summed E-state index contributed by atoms with van der Waals surface area (Å²) in [6.07, 6.45) is 4.27. The normalized spacial score (nSPS) is 27.4. The second kappa shape index (κ2) is 7.75. The van der Waals surface area contributed by atoms with Crippen LogP contribution in [0.15, 0.2) is 0 Å². The molecule has 6 heteroatoms. The van der Waals surface area contributed by atoms with Crippen molar-refractivity contribution in [3.63, 3.8) is 0 Å². The summed E-state index contributed by atoms with van der Waals surface area (Å²) in [5, 5.41) is 6.23. The number of carbonyl (C=O) groups excluding carboxylic acids is 2. The van der Waals surface area contributed by atoms with Crippen molar-refractivity contribution >= 4 is 11.8 Å². The Bertz CT molecular complexity index is 375. The molecule has 0 radical (unpaired) electrons. The molecule has 2 atom stereocenters. The molecule has 0 saturated carbocycles. The van der Waals surface area contributed by atoms with Crippen LogP contribution in [0.2, 0.25) is 0 Å². The third kappa shape index (κ3) is 4.97. The van der Waals surface area contributed by atoms with E-state index in [-0.39, 0.29) is 17.9 Å². The van der Waals surface area contributed by atoms with Crippen LogP contribution < -0.4 is 10.6 Å². The van der Waals surface area contributed by atoms with E-state index in [1.54, 1.807) is 0 Å². The first-order valence-electron chi connectivity index (χ1n) is 8.03. The molecule has 0 aromatic heterocycles. The number of hydrogen-bond acceptors (Lipinski definition) is 4. The fourth-order valence-electron chi connectivity index (χ4n) is 3.33. The lowest BCUT2D eigenvalue weighted by Crippen LogP contribution is -2.53. The SMILES string of the molecule is CNC1CCCN(CC(=O)N2CCCC(NC(C)=O)C2)C1. The smallest absolute Gasteiger partial charge is 0.236 e. The van der Waals surface area contributed by atoms with Crippen LogP contribution in [0.25, 0.3) is 0 Å². The molecule has 2 rings (SSSR count). The van der Waals surface area contributed by atoms with Crippen LogP contribution in [0.5, 0.6) is 0 Å². The Balaban J connectivity index is 1.80. The van der Waals surface area contributed by atoms with Crippen LogP contribution in [0, 0.1) is 0 Å². The first-order chi connectivity index (χ1) is 10.1. The molecule has 120 valence electrons. The van der Waals surface area contributed by atoms with Gasteiger partial charge in [-0.15, -0.1) is 0 Å². The second-order valence-electron chi connectivity index (χ2n) is 6.24. The average Bonchev–Trinajstić information content (AvgIpc) is 2.47. The molecule has 0 aliphatic carbocycles. The number of carbonyl (C=O) groups is 2. The van der Waals surface area contributed by atoms with E-state index in [4.69, 9.17) is 0 Å². The Labute approximate surface area is 127 Å². The minimum Gasteiger partial charge on any atom is -0.352 e. The Hall–Kier alpha value is -1.14. The minimum atomic E-state index is -0.0119. The minimum absolute atomic E-state index is 0.0119. The van der Waals surface area contributed by atoms with Gasteiger partial charge in [-0.1, -0.05) is 0 Å². The Morgan fingerprint density at radius 1 is 1.10 bits per heavy atom. The Morgan fingerprint density at radius 2 is 1.81 bits per heavy atom. The summed E-state index contributed by atoms with van der Waals surface area (Å²) < 4.78 is 0. The molecule has 6 nitrogen and oxygen atoms in total. The van der Waals surface area contributed by atoms with Crippen molar-refractivity contribution in [3.05, 3.63) is 0 Å². The maximum atomic E-state index is 12.4. The van der Waals surface area contributed by atoms with E-state index in [2.05, 4.69) is 15.5 Å². The highest BCUT2D eigenvalue weighted by molar-refractivity contribution is 5.78. The molecule has 2 aliphatic heterocycles. The largest absolute Gasteiger partial charge is 0.352 e. The topological polar surface area (TPSA) is 64.7 Å². The number of hydrogen-bond donors (Lipinski definition) is 2. The summed E-state index contributed by atoms with van der Waals surface area (Å²) in [4.78, 5) is 27.7. The molecule has 2 aliphatic rings. The number of likely N-dealkylation sites (N-methyl/N-ethyl adjacent to an activating group) is 1. The van der Waals surface area contributed by atoms with Gasteiger partial charge in [0.05, 0.1) is 6.54 Å². The lowest BCUT2D eigenvalue weighted by molar-refractivity contribution is -0.134. The van der Waals surface area contributed by atoms with E-state index in [1.807, 2.05) is 11.9 Å². The lowest BCUT2D eigenvalue weighted by Gasteiger charge is -2.36. The van der Waals surface area contributed by atoms with Gasteiger partial charge in [0.2, 0.25) is 11.8 Å². The van der Waals surface area contributed by atoms with Gasteiger partial charge in [-0.25, -0.2) is 0 Å². The van der Waals surface area contributed by atoms with Crippen LogP contribution in [0.4, 0.5) is 0 Å². The summed E-state index contributed by atoms with van der Waals surface area (Å²) in [6, 6.07) is 0.617. The van der Waals surface area contributed by atoms with Gasteiger partial charge in [-0.05, 0) is 39.3 Å². The number of rotatable bonds is 4. The molecule has 2 saturated heterocycles. The molecule has 0 aromatic rings. The molecule has 2 unspecified atom stereocenters. The monoisotopic (exact) mass is 296 g/mol. The Morgan fingerprint density at radius 3 is 2.52 bits per heavy atom. The van der Waals surface area contributed by atoms with E-state index in [1.165, 1.54) is 13.3 Å². The van der Waals surface area contributed by atoms with Gasteiger partial charge < -0.3 is 15.5 Å². The summed E-state index contributed by atoms with van der Waals surface area (Å²) in [5.74, 6) is 0.184. The summed E-state index contributed by atoms with van der Waals surface area (Å²) in [7, 11) is 1.98. The zero-order valence-electron chi connectivity index (χ0n) is 13.2. The maximum absolute atomic E-state index is 12.4. The van der Waals surface area contributed by atoms with Crippen molar-refractivity contribution in [2.75, 3.05) is 39.8 Å². The highest BCUT2D eigenvalue weighted by Gasteiger charge is 2.26. The van der Waals surface area contributed by atoms with Gasteiger partial charge in [0.25, 0.3) is 0 Å². The highest BCUT2D eigenvalue weighted by Crippen LogP contribution is 2.13. The van der Waals surface area contributed by atoms with Crippen molar-refractivity contribution in [3.8, 4) is 0 Å². The molecule has 2 fully saturated rings. The fraction of sp³-hybridized carbons (Fsp3) is 0.867. The number of nitrogens with zero attached hydrogens (tertiary/aromatic N) is 2. The predicted octanol–water partition coefficient (Wildman–Crippen LogP) is -0.203. The van der Waals surface area contributed by atoms with E-state index < -0.39 is 0 Å². The first-order valence-corrected chi connectivity index (χ1v) is 8.03. The average molecular weight is 296 g/mol. The van der Waals surface area contributed by atoms with Gasteiger partial charge in [-0.3, -0.25) is 14.5 Å². The van der Waals surface area contributed by atoms with Crippen molar-refractivity contribution in [1.82, 2.24) is 20.4 Å². The summed E-state index contributed by atoms with van der Waals surface area (Å²) in [5.41, 5.74) is 0. The van der Waals surface area contributed by atoms with Crippen molar-refractivity contribution in [2.45, 2.75) is 44.7 Å². The quantitative estimate of drug-likeness (QED) is 0.754. The highest BCUT2D eigenvalue weighted by atomic mass is 16.2. The molecular formula is C15H28N4O2. The number of piperidine rings is 2. The van der Waals surface area contributed by atoms with E-state index in [0.717, 1.165) is 38.9 Å². The van der Waals surface area contributed by atoms with Crippen molar-refractivity contribution in [1.29, 1.82) is 0 Å². The van der Waals surface area contributed by atoms with Gasteiger partial charge in [0, 0.05) is 38.6 Å². The van der Waals surface area contributed by atoms with Crippen molar-refractivity contribution < 1.29 is 9.59 Å². The van der Waals surface area contributed by atoms with Gasteiger partial charge in [0.15, 0.2) is 0 Å². The molecule has 2 N–H and O–H groups in total. The number of nitrogens with one attached hydrogen (secondary N) is 2. The molecule has 0 bridgehead atoms. The molecule has 21 heavy (non-hydrogen) atoms.